The summed E-state index contributed by atoms with van der Waals surface area (Å²) in [7, 11) is 0. The number of nitrogens with zero attached hydrogens (tertiary/aromatic N) is 3. The van der Waals surface area contributed by atoms with Crippen molar-refractivity contribution in [3.63, 3.8) is 0 Å². The molecule has 0 bridgehead atoms. The fraction of sp³-hybridized carbons (Fsp3) is 0.727. The van der Waals surface area contributed by atoms with E-state index in [1.807, 2.05) is 0 Å². The van der Waals surface area contributed by atoms with Crippen LogP contribution >= 0.6 is 11.8 Å². The van der Waals surface area contributed by atoms with Crippen molar-refractivity contribution in [2.24, 2.45) is 5.84 Å². The Labute approximate surface area is 110 Å². The van der Waals surface area contributed by atoms with Crippen LogP contribution < -0.4 is 11.3 Å². The first-order chi connectivity index (χ1) is 8.79. The number of carbonyl (C=O) groups excluding carboxylic acids is 1. The van der Waals surface area contributed by atoms with Crippen molar-refractivity contribution >= 4 is 17.7 Å². The summed E-state index contributed by atoms with van der Waals surface area (Å²) in [5, 5.41) is 9.56. The molecule has 18 heavy (non-hydrogen) atoms. The van der Waals surface area contributed by atoms with E-state index in [4.69, 9.17) is 5.84 Å². The Balaban J connectivity index is 1.65. The van der Waals surface area contributed by atoms with Crippen LogP contribution in [0.25, 0.3) is 0 Å². The van der Waals surface area contributed by atoms with Gasteiger partial charge in [0, 0.05) is 24.1 Å². The molecule has 3 rings (SSSR count). The highest BCUT2D eigenvalue weighted by Crippen LogP contribution is 2.45. The normalized spacial score (nSPS) is 18.9. The lowest BCUT2D eigenvalue weighted by atomic mass is 10.4. The number of hydrogen-bond acceptors (Lipinski definition) is 5. The Morgan fingerprint density at radius 2 is 2.17 bits per heavy atom. The second-order valence-corrected chi connectivity index (χ2v) is 5.94. The van der Waals surface area contributed by atoms with E-state index in [0.717, 1.165) is 11.0 Å². The summed E-state index contributed by atoms with van der Waals surface area (Å²) >= 11 is 1.60. The number of carbonyl (C=O) groups is 1. The topological polar surface area (TPSA) is 85.8 Å². The predicted molar refractivity (Wildman–Crippen MR) is 67.9 cm³/mol. The molecule has 6 nitrogen and oxygen atoms in total. The fourth-order valence-corrected chi connectivity index (χ4v) is 2.94. The highest BCUT2D eigenvalue weighted by atomic mass is 32.2. The number of nitrogens with one attached hydrogen (secondary N) is 1. The van der Waals surface area contributed by atoms with Crippen molar-refractivity contribution in [3.8, 4) is 0 Å². The van der Waals surface area contributed by atoms with Gasteiger partial charge in [-0.1, -0.05) is 11.8 Å². The van der Waals surface area contributed by atoms with Gasteiger partial charge in [-0.15, -0.1) is 10.2 Å². The van der Waals surface area contributed by atoms with Gasteiger partial charge in [0.2, 0.25) is 5.91 Å². The fourth-order valence-electron chi connectivity index (χ4n) is 1.99. The lowest BCUT2D eigenvalue weighted by Crippen LogP contribution is -2.30. The van der Waals surface area contributed by atoms with Gasteiger partial charge in [0.25, 0.3) is 0 Å². The molecule has 0 radical (unpaired) electrons. The minimum absolute atomic E-state index is 0.137. The standard InChI is InChI=1S/C11H17N5OS/c12-13-9(17)5-6-18-11-15-14-10(7-1-2-7)16(11)8-3-4-8/h7-8H,1-6,12H2,(H,13,17). The first kappa shape index (κ1) is 12.0. The summed E-state index contributed by atoms with van der Waals surface area (Å²) in [5.41, 5.74) is 2.14. The molecule has 3 N–H and O–H groups in total. The molecule has 0 saturated heterocycles. The lowest BCUT2D eigenvalue weighted by molar-refractivity contribution is -0.120. The molecule has 2 aliphatic carbocycles. The highest BCUT2D eigenvalue weighted by Gasteiger charge is 2.36. The summed E-state index contributed by atoms with van der Waals surface area (Å²) in [5.74, 6) is 7.39. The molecule has 7 heteroatoms. The SMILES string of the molecule is NNC(=O)CCSc1nnc(C2CC2)n1C1CC1. The van der Waals surface area contributed by atoms with Gasteiger partial charge in [-0.3, -0.25) is 10.2 Å². The Morgan fingerprint density at radius 3 is 2.78 bits per heavy atom. The third-order valence-electron chi connectivity index (χ3n) is 3.27. The first-order valence-electron chi connectivity index (χ1n) is 6.36. The van der Waals surface area contributed by atoms with Crippen LogP contribution in [0.2, 0.25) is 0 Å². The van der Waals surface area contributed by atoms with E-state index in [-0.39, 0.29) is 5.91 Å². The molecule has 98 valence electrons. The molecule has 1 heterocycles. The van der Waals surface area contributed by atoms with Crippen molar-refractivity contribution in [1.29, 1.82) is 0 Å². The number of aromatic nitrogens is 3. The van der Waals surface area contributed by atoms with Crippen LogP contribution in [0, 0.1) is 0 Å². The second kappa shape index (κ2) is 4.89. The predicted octanol–water partition coefficient (Wildman–Crippen LogP) is 0.962. The molecule has 2 aliphatic rings. The Morgan fingerprint density at radius 1 is 1.39 bits per heavy atom. The van der Waals surface area contributed by atoms with Crippen LogP contribution in [0.4, 0.5) is 0 Å². The van der Waals surface area contributed by atoms with E-state index in [2.05, 4.69) is 20.2 Å². The molecular formula is C11H17N5OS. The van der Waals surface area contributed by atoms with E-state index in [1.165, 1.54) is 25.7 Å². The van der Waals surface area contributed by atoms with E-state index < -0.39 is 0 Å². The monoisotopic (exact) mass is 267 g/mol. The van der Waals surface area contributed by atoms with Gasteiger partial charge in [0.1, 0.15) is 5.82 Å². The molecule has 2 fully saturated rings. The maximum absolute atomic E-state index is 11.1. The molecule has 0 unspecified atom stereocenters. The van der Waals surface area contributed by atoms with Crippen molar-refractivity contribution in [3.05, 3.63) is 5.82 Å². The van der Waals surface area contributed by atoms with Gasteiger partial charge in [0.15, 0.2) is 5.16 Å². The Bertz CT molecular complexity index is 452. The van der Waals surface area contributed by atoms with E-state index in [1.54, 1.807) is 11.8 Å². The zero-order valence-corrected chi connectivity index (χ0v) is 10.9. The van der Waals surface area contributed by atoms with Crippen molar-refractivity contribution in [1.82, 2.24) is 20.2 Å². The van der Waals surface area contributed by atoms with Gasteiger partial charge >= 0.3 is 0 Å². The number of rotatable bonds is 6. The second-order valence-electron chi connectivity index (χ2n) is 4.88. The minimum atomic E-state index is -0.137. The highest BCUT2D eigenvalue weighted by molar-refractivity contribution is 7.99. The van der Waals surface area contributed by atoms with Crippen molar-refractivity contribution in [2.75, 3.05) is 5.75 Å². The maximum Gasteiger partial charge on any atom is 0.234 e. The van der Waals surface area contributed by atoms with Crippen LogP contribution in [-0.4, -0.2) is 26.4 Å². The molecule has 0 spiro atoms. The largest absolute Gasteiger partial charge is 0.303 e. The van der Waals surface area contributed by atoms with Crippen LogP contribution in [0.3, 0.4) is 0 Å². The Hall–Kier alpha value is -1.08. The lowest BCUT2D eigenvalue weighted by Gasteiger charge is -2.07. The number of amides is 1. The van der Waals surface area contributed by atoms with Gasteiger partial charge in [-0.2, -0.15) is 0 Å². The molecule has 0 aliphatic heterocycles. The molecule has 0 aromatic carbocycles. The molecule has 1 amide bonds. The minimum Gasteiger partial charge on any atom is -0.303 e. The summed E-state index contributed by atoms with van der Waals surface area (Å²) in [6.07, 6.45) is 5.36. The molecule has 1 aromatic heterocycles. The van der Waals surface area contributed by atoms with Crippen LogP contribution in [-0.2, 0) is 4.79 Å². The number of hydrazine groups is 1. The quantitative estimate of drug-likeness (QED) is 0.347. The van der Waals surface area contributed by atoms with Crippen molar-refractivity contribution < 1.29 is 4.79 Å². The van der Waals surface area contributed by atoms with Gasteiger partial charge < -0.3 is 4.57 Å². The first-order valence-corrected chi connectivity index (χ1v) is 7.35. The molecule has 1 aromatic rings. The zero-order valence-electron chi connectivity index (χ0n) is 10.1. The zero-order chi connectivity index (χ0) is 12.5. The maximum atomic E-state index is 11.1. The van der Waals surface area contributed by atoms with E-state index in [9.17, 15) is 4.79 Å². The molecular weight excluding hydrogens is 250 g/mol. The van der Waals surface area contributed by atoms with Crippen molar-refractivity contribution in [2.45, 2.75) is 49.2 Å². The van der Waals surface area contributed by atoms with Crippen LogP contribution in [0.5, 0.6) is 0 Å². The van der Waals surface area contributed by atoms with Gasteiger partial charge in [-0.25, -0.2) is 5.84 Å². The summed E-state index contributed by atoms with van der Waals surface area (Å²) < 4.78 is 2.29. The van der Waals surface area contributed by atoms with E-state index in [0.29, 0.717) is 24.1 Å². The van der Waals surface area contributed by atoms with Gasteiger partial charge in [0.05, 0.1) is 0 Å². The van der Waals surface area contributed by atoms with E-state index >= 15 is 0 Å². The molecule has 2 saturated carbocycles. The van der Waals surface area contributed by atoms with Gasteiger partial charge in [-0.05, 0) is 25.7 Å². The summed E-state index contributed by atoms with van der Waals surface area (Å²) in [4.78, 5) is 11.1. The van der Waals surface area contributed by atoms with Crippen LogP contribution in [0.15, 0.2) is 5.16 Å². The summed E-state index contributed by atoms with van der Waals surface area (Å²) in [6, 6.07) is 0.599. The Kier molecular flexibility index (Phi) is 3.25. The third-order valence-corrected chi connectivity index (χ3v) is 4.21. The molecule has 0 atom stereocenters. The number of thioether (sulfide) groups is 1. The average Bonchev–Trinajstić information content (AvgIpc) is 3.28. The number of hydrogen-bond donors (Lipinski definition) is 2. The summed E-state index contributed by atoms with van der Waals surface area (Å²) in [6.45, 7) is 0. The average molecular weight is 267 g/mol. The third kappa shape index (κ3) is 2.51. The van der Waals surface area contributed by atoms with Crippen LogP contribution in [0.1, 0.15) is 49.9 Å². The smallest absolute Gasteiger partial charge is 0.234 e. The number of nitrogens with two attached hydrogens (primary N) is 1.